The van der Waals surface area contributed by atoms with Gasteiger partial charge in [0.25, 0.3) is 0 Å². The topological polar surface area (TPSA) is 68.0 Å². The third-order valence-corrected chi connectivity index (χ3v) is 3.19. The SMILES string of the molecule is CC(C(=O)O)c1nc2ccncc2n1C1CC1. The number of carbonyl (C=O) groups is 1. The number of rotatable bonds is 3. The molecule has 1 unspecified atom stereocenters. The molecule has 88 valence electrons. The first-order chi connectivity index (χ1) is 8.18. The molecule has 5 heteroatoms. The van der Waals surface area contributed by atoms with Crippen molar-refractivity contribution in [2.45, 2.75) is 31.7 Å². The Hall–Kier alpha value is -1.91. The van der Waals surface area contributed by atoms with Crippen molar-refractivity contribution < 1.29 is 9.90 Å². The molecule has 1 atom stereocenters. The van der Waals surface area contributed by atoms with E-state index < -0.39 is 11.9 Å². The zero-order valence-corrected chi connectivity index (χ0v) is 9.50. The van der Waals surface area contributed by atoms with Crippen LogP contribution in [0.1, 0.15) is 37.5 Å². The quantitative estimate of drug-likeness (QED) is 0.876. The average molecular weight is 231 g/mol. The van der Waals surface area contributed by atoms with Gasteiger partial charge in [0, 0.05) is 12.2 Å². The maximum absolute atomic E-state index is 11.1. The van der Waals surface area contributed by atoms with Crippen molar-refractivity contribution in [3.63, 3.8) is 0 Å². The molecule has 1 fully saturated rings. The summed E-state index contributed by atoms with van der Waals surface area (Å²) in [5, 5.41) is 9.12. The van der Waals surface area contributed by atoms with E-state index in [0.29, 0.717) is 11.9 Å². The fourth-order valence-corrected chi connectivity index (χ4v) is 2.09. The van der Waals surface area contributed by atoms with E-state index in [1.807, 2.05) is 10.6 Å². The van der Waals surface area contributed by atoms with Crippen LogP contribution >= 0.6 is 0 Å². The van der Waals surface area contributed by atoms with Crippen LogP contribution in [0.15, 0.2) is 18.5 Å². The Morgan fingerprint density at radius 3 is 3.00 bits per heavy atom. The lowest BCUT2D eigenvalue weighted by atomic mass is 10.2. The largest absolute Gasteiger partial charge is 0.481 e. The van der Waals surface area contributed by atoms with Crippen LogP contribution in [0.25, 0.3) is 11.0 Å². The molecule has 1 N–H and O–H groups in total. The number of aromatic nitrogens is 3. The Morgan fingerprint density at radius 2 is 2.35 bits per heavy atom. The van der Waals surface area contributed by atoms with Gasteiger partial charge in [-0.1, -0.05) is 0 Å². The van der Waals surface area contributed by atoms with Crippen molar-refractivity contribution in [2.24, 2.45) is 0 Å². The average Bonchev–Trinajstić information content (AvgIpc) is 3.08. The highest BCUT2D eigenvalue weighted by molar-refractivity contribution is 5.79. The Morgan fingerprint density at radius 1 is 1.59 bits per heavy atom. The Balaban J connectivity index is 2.22. The molecule has 1 saturated carbocycles. The predicted molar refractivity (Wildman–Crippen MR) is 61.8 cm³/mol. The van der Waals surface area contributed by atoms with Crippen LogP contribution in [-0.2, 0) is 4.79 Å². The summed E-state index contributed by atoms with van der Waals surface area (Å²) in [6.07, 6.45) is 5.64. The van der Waals surface area contributed by atoms with Gasteiger partial charge >= 0.3 is 5.97 Å². The molecule has 1 aliphatic rings. The number of hydrogen-bond donors (Lipinski definition) is 1. The van der Waals surface area contributed by atoms with Gasteiger partial charge in [0.1, 0.15) is 11.7 Å². The number of nitrogens with zero attached hydrogens (tertiary/aromatic N) is 3. The minimum Gasteiger partial charge on any atom is -0.481 e. The van der Waals surface area contributed by atoms with Gasteiger partial charge in [-0.05, 0) is 25.8 Å². The minimum absolute atomic E-state index is 0.404. The summed E-state index contributed by atoms with van der Waals surface area (Å²) in [6.45, 7) is 1.68. The molecule has 1 aliphatic carbocycles. The number of pyridine rings is 1. The Kier molecular flexibility index (Phi) is 2.14. The summed E-state index contributed by atoms with van der Waals surface area (Å²) in [5.74, 6) is -0.777. The van der Waals surface area contributed by atoms with Gasteiger partial charge in [-0.2, -0.15) is 0 Å². The monoisotopic (exact) mass is 231 g/mol. The van der Waals surface area contributed by atoms with Crippen LogP contribution in [0.5, 0.6) is 0 Å². The second-order valence-corrected chi connectivity index (χ2v) is 4.50. The summed E-state index contributed by atoms with van der Waals surface area (Å²) < 4.78 is 2.04. The molecule has 5 nitrogen and oxygen atoms in total. The number of aliphatic carboxylic acids is 1. The predicted octanol–water partition coefficient (Wildman–Crippen LogP) is 1.95. The lowest BCUT2D eigenvalue weighted by Gasteiger charge is -2.10. The van der Waals surface area contributed by atoms with E-state index in [9.17, 15) is 4.79 Å². The molecule has 0 saturated heterocycles. The van der Waals surface area contributed by atoms with E-state index in [1.165, 1.54) is 0 Å². The van der Waals surface area contributed by atoms with Crippen LogP contribution in [-0.4, -0.2) is 25.6 Å². The minimum atomic E-state index is -0.838. The van der Waals surface area contributed by atoms with Gasteiger partial charge < -0.3 is 9.67 Å². The summed E-state index contributed by atoms with van der Waals surface area (Å²) in [7, 11) is 0. The highest BCUT2D eigenvalue weighted by atomic mass is 16.4. The molecule has 17 heavy (non-hydrogen) atoms. The molecule has 2 heterocycles. The van der Waals surface area contributed by atoms with Gasteiger partial charge in [0.05, 0.1) is 17.2 Å². The zero-order valence-electron chi connectivity index (χ0n) is 9.50. The van der Waals surface area contributed by atoms with E-state index >= 15 is 0 Å². The van der Waals surface area contributed by atoms with Crippen molar-refractivity contribution in [1.82, 2.24) is 14.5 Å². The highest BCUT2D eigenvalue weighted by Gasteiger charge is 2.31. The number of carboxylic acids is 1. The van der Waals surface area contributed by atoms with Gasteiger partial charge in [0.2, 0.25) is 0 Å². The van der Waals surface area contributed by atoms with Gasteiger partial charge in [0.15, 0.2) is 0 Å². The molecule has 2 aromatic rings. The Labute approximate surface area is 98.1 Å². The highest BCUT2D eigenvalue weighted by Crippen LogP contribution is 2.39. The fourth-order valence-electron chi connectivity index (χ4n) is 2.09. The molecule has 0 aromatic carbocycles. The van der Waals surface area contributed by atoms with E-state index in [-0.39, 0.29) is 0 Å². The van der Waals surface area contributed by atoms with Gasteiger partial charge in [-0.15, -0.1) is 0 Å². The standard InChI is InChI=1S/C12H13N3O2/c1-7(12(16)17)11-14-9-4-5-13-6-10(9)15(11)8-2-3-8/h4-8H,2-3H2,1H3,(H,16,17). The molecular formula is C12H13N3O2. The van der Waals surface area contributed by atoms with E-state index in [2.05, 4.69) is 9.97 Å². The lowest BCUT2D eigenvalue weighted by molar-refractivity contribution is -0.138. The normalized spacial score (nSPS) is 17.2. The molecule has 3 rings (SSSR count). The first-order valence-corrected chi connectivity index (χ1v) is 5.73. The molecule has 0 amide bonds. The van der Waals surface area contributed by atoms with Crippen molar-refractivity contribution in [3.05, 3.63) is 24.3 Å². The second-order valence-electron chi connectivity index (χ2n) is 4.50. The zero-order chi connectivity index (χ0) is 12.0. The van der Waals surface area contributed by atoms with Crippen LogP contribution < -0.4 is 0 Å². The van der Waals surface area contributed by atoms with Crippen molar-refractivity contribution in [1.29, 1.82) is 0 Å². The maximum atomic E-state index is 11.1. The third-order valence-electron chi connectivity index (χ3n) is 3.19. The van der Waals surface area contributed by atoms with Crippen molar-refractivity contribution >= 4 is 17.0 Å². The third kappa shape index (κ3) is 1.58. The molecule has 0 aliphatic heterocycles. The van der Waals surface area contributed by atoms with Crippen LogP contribution in [0.4, 0.5) is 0 Å². The molecule has 2 aromatic heterocycles. The van der Waals surface area contributed by atoms with Crippen molar-refractivity contribution in [3.8, 4) is 0 Å². The summed E-state index contributed by atoms with van der Waals surface area (Å²) in [4.78, 5) is 19.6. The van der Waals surface area contributed by atoms with Crippen LogP contribution in [0, 0.1) is 0 Å². The first-order valence-electron chi connectivity index (χ1n) is 5.73. The second kappa shape index (κ2) is 3.55. The number of imidazole rings is 1. The maximum Gasteiger partial charge on any atom is 0.313 e. The molecule has 0 spiro atoms. The molecule has 0 bridgehead atoms. The first kappa shape index (κ1) is 10.3. The number of hydrogen-bond acceptors (Lipinski definition) is 3. The molecular weight excluding hydrogens is 218 g/mol. The smallest absolute Gasteiger partial charge is 0.313 e. The van der Waals surface area contributed by atoms with Gasteiger partial charge in [-0.3, -0.25) is 9.78 Å². The number of carboxylic acid groups (broad SMARTS) is 1. The molecule has 0 radical (unpaired) electrons. The summed E-state index contributed by atoms with van der Waals surface area (Å²) in [5.41, 5.74) is 1.77. The number of fused-ring (bicyclic) bond motifs is 1. The van der Waals surface area contributed by atoms with E-state index in [0.717, 1.165) is 23.9 Å². The van der Waals surface area contributed by atoms with Crippen LogP contribution in [0.2, 0.25) is 0 Å². The fraction of sp³-hybridized carbons (Fsp3) is 0.417. The van der Waals surface area contributed by atoms with E-state index in [1.54, 1.807) is 19.3 Å². The summed E-state index contributed by atoms with van der Waals surface area (Å²) in [6, 6.07) is 2.23. The van der Waals surface area contributed by atoms with E-state index in [4.69, 9.17) is 5.11 Å². The summed E-state index contributed by atoms with van der Waals surface area (Å²) >= 11 is 0. The Bertz CT molecular complexity index is 586. The van der Waals surface area contributed by atoms with Crippen molar-refractivity contribution in [2.75, 3.05) is 0 Å². The van der Waals surface area contributed by atoms with Gasteiger partial charge in [-0.25, -0.2) is 4.98 Å². The lowest BCUT2D eigenvalue weighted by Crippen LogP contribution is -2.13. The van der Waals surface area contributed by atoms with Crippen LogP contribution in [0.3, 0.4) is 0 Å².